The van der Waals surface area contributed by atoms with Crippen molar-refractivity contribution >= 4 is 29.6 Å². The van der Waals surface area contributed by atoms with Crippen molar-refractivity contribution in [3.05, 3.63) is 0 Å². The fourth-order valence-electron chi connectivity index (χ4n) is 1.50. The van der Waals surface area contributed by atoms with Crippen molar-refractivity contribution < 1.29 is 23.9 Å². The van der Waals surface area contributed by atoms with Gasteiger partial charge in [0.25, 0.3) is 0 Å². The minimum Gasteiger partial charge on any atom is -0.465 e. The number of hydrogen-bond donors (Lipinski definition) is 1. The van der Waals surface area contributed by atoms with Gasteiger partial charge >= 0.3 is 12.1 Å². The largest absolute Gasteiger partial charge is 0.465 e. The third kappa shape index (κ3) is 4.74. The highest BCUT2D eigenvalue weighted by Gasteiger charge is 2.41. The Morgan fingerprint density at radius 2 is 2.05 bits per heavy atom. The van der Waals surface area contributed by atoms with E-state index in [0.717, 1.165) is 0 Å². The molecule has 0 bridgehead atoms. The monoisotopic (exact) mass is 289 g/mol. The highest BCUT2D eigenvalue weighted by Crippen LogP contribution is 2.25. The van der Waals surface area contributed by atoms with Gasteiger partial charge in [0.1, 0.15) is 11.6 Å². The number of hydrogen-bond acceptors (Lipinski definition) is 6. The first-order valence-electron chi connectivity index (χ1n) is 6.06. The van der Waals surface area contributed by atoms with Crippen LogP contribution in [0.4, 0.5) is 4.79 Å². The Bertz CT molecular complexity index is 377. The third-order valence-corrected chi connectivity index (χ3v) is 3.51. The van der Waals surface area contributed by atoms with Gasteiger partial charge in [-0.3, -0.25) is 9.59 Å². The lowest BCUT2D eigenvalue weighted by atomic mass is 10.1. The second-order valence-corrected chi connectivity index (χ2v) is 6.20. The van der Waals surface area contributed by atoms with Gasteiger partial charge in [-0.25, -0.2) is 4.79 Å². The normalized spacial score (nSPS) is 23.1. The van der Waals surface area contributed by atoms with Gasteiger partial charge in [0.15, 0.2) is 11.0 Å². The molecule has 0 saturated carbocycles. The van der Waals surface area contributed by atoms with Gasteiger partial charge in [-0.2, -0.15) is 0 Å². The predicted molar refractivity (Wildman–Crippen MR) is 71.0 cm³/mol. The van der Waals surface area contributed by atoms with Crippen molar-refractivity contribution in [3.63, 3.8) is 0 Å². The lowest BCUT2D eigenvalue weighted by molar-refractivity contribution is -0.144. The Balaban J connectivity index is 2.52. The van der Waals surface area contributed by atoms with E-state index < -0.39 is 29.0 Å². The number of carbonyl (C=O) groups is 3. The van der Waals surface area contributed by atoms with Crippen LogP contribution in [-0.4, -0.2) is 47.1 Å². The van der Waals surface area contributed by atoms with Gasteiger partial charge in [-0.15, -0.1) is 11.8 Å². The number of Topliss-reactive ketones (excluding diaryl/α,β-unsaturated/α-hetero) is 1. The minimum atomic E-state index is -0.847. The van der Waals surface area contributed by atoms with Gasteiger partial charge in [0.2, 0.25) is 0 Å². The number of ether oxygens (including phenoxy) is 2. The number of ketones is 1. The number of thioether (sulfide) groups is 1. The van der Waals surface area contributed by atoms with Crippen LogP contribution in [0.2, 0.25) is 0 Å². The Hall–Kier alpha value is -1.24. The lowest BCUT2D eigenvalue weighted by Crippen LogP contribution is -2.45. The van der Waals surface area contributed by atoms with Crippen LogP contribution in [0, 0.1) is 0 Å². The highest BCUT2D eigenvalue weighted by atomic mass is 32.2. The Morgan fingerprint density at radius 3 is 2.58 bits per heavy atom. The smallest absolute Gasteiger partial charge is 0.408 e. The SMILES string of the molecule is CCOC(=O)C1SCC(NC(=O)OC(C)(C)C)C1=O. The Labute approximate surface area is 116 Å². The summed E-state index contributed by atoms with van der Waals surface area (Å²) >= 11 is 1.17. The van der Waals surface area contributed by atoms with Crippen LogP contribution in [0.15, 0.2) is 0 Å². The molecule has 1 rings (SSSR count). The molecular weight excluding hydrogens is 270 g/mol. The molecule has 1 amide bonds. The highest BCUT2D eigenvalue weighted by molar-refractivity contribution is 8.02. The second-order valence-electron chi connectivity index (χ2n) is 5.07. The van der Waals surface area contributed by atoms with E-state index in [1.807, 2.05) is 0 Å². The van der Waals surface area contributed by atoms with Gasteiger partial charge in [-0.05, 0) is 27.7 Å². The summed E-state index contributed by atoms with van der Waals surface area (Å²) in [6.07, 6.45) is -0.657. The maximum absolute atomic E-state index is 11.9. The minimum absolute atomic E-state index is 0.229. The molecule has 1 saturated heterocycles. The average molecular weight is 289 g/mol. The molecule has 1 heterocycles. The number of nitrogens with one attached hydrogen (secondary N) is 1. The molecule has 0 aromatic carbocycles. The van der Waals surface area contributed by atoms with Crippen LogP contribution in [0.3, 0.4) is 0 Å². The van der Waals surface area contributed by atoms with Gasteiger partial charge in [0.05, 0.1) is 6.61 Å². The molecule has 0 aliphatic carbocycles. The molecule has 0 aromatic heterocycles. The van der Waals surface area contributed by atoms with Crippen molar-refractivity contribution in [3.8, 4) is 0 Å². The van der Waals surface area contributed by atoms with Gasteiger partial charge in [-0.1, -0.05) is 0 Å². The fraction of sp³-hybridized carbons (Fsp3) is 0.750. The van der Waals surface area contributed by atoms with Crippen molar-refractivity contribution in [1.29, 1.82) is 0 Å². The molecule has 1 aliphatic heterocycles. The fourth-order valence-corrected chi connectivity index (χ4v) is 2.67. The summed E-state index contributed by atoms with van der Waals surface area (Å²) in [6.45, 7) is 7.11. The van der Waals surface area contributed by atoms with E-state index in [1.165, 1.54) is 11.8 Å². The molecule has 1 aliphatic rings. The number of carbonyl (C=O) groups excluding carboxylic acids is 3. The first kappa shape index (κ1) is 15.8. The Morgan fingerprint density at radius 1 is 1.42 bits per heavy atom. The third-order valence-electron chi connectivity index (χ3n) is 2.22. The molecule has 6 nitrogen and oxygen atoms in total. The summed E-state index contributed by atoms with van der Waals surface area (Å²) in [5.74, 6) is -0.540. The zero-order valence-electron chi connectivity index (χ0n) is 11.5. The molecule has 19 heavy (non-hydrogen) atoms. The summed E-state index contributed by atoms with van der Waals surface area (Å²) in [5, 5.41) is 1.63. The molecule has 2 atom stereocenters. The Kier molecular flexibility index (Phi) is 5.22. The van der Waals surface area contributed by atoms with Crippen molar-refractivity contribution in [2.75, 3.05) is 12.4 Å². The molecule has 7 heteroatoms. The summed E-state index contributed by atoms with van der Waals surface area (Å²) < 4.78 is 9.87. The summed E-state index contributed by atoms with van der Waals surface area (Å²) in [4.78, 5) is 35.0. The number of rotatable bonds is 3. The number of amides is 1. The van der Waals surface area contributed by atoms with Crippen LogP contribution >= 0.6 is 11.8 Å². The number of alkyl carbamates (subject to hydrolysis) is 1. The summed E-state index contributed by atoms with van der Waals surface area (Å²) in [6, 6.07) is -0.700. The maximum atomic E-state index is 11.9. The molecule has 0 aromatic rings. The topological polar surface area (TPSA) is 81.7 Å². The van der Waals surface area contributed by atoms with E-state index >= 15 is 0 Å². The van der Waals surface area contributed by atoms with Gasteiger partial charge in [0, 0.05) is 5.75 Å². The standard InChI is InChI=1S/C12H19NO5S/c1-5-17-10(15)9-8(14)7(6-19-9)13-11(16)18-12(2,3)4/h7,9H,5-6H2,1-4H3,(H,13,16). The van der Waals surface area contributed by atoms with Crippen LogP contribution in [-0.2, 0) is 19.1 Å². The summed E-state index contributed by atoms with van der Waals surface area (Å²) in [5.41, 5.74) is -0.626. The molecule has 1 N–H and O–H groups in total. The molecule has 0 radical (unpaired) electrons. The van der Waals surface area contributed by atoms with E-state index in [2.05, 4.69) is 5.32 Å². The molecule has 108 valence electrons. The van der Waals surface area contributed by atoms with E-state index in [1.54, 1.807) is 27.7 Å². The zero-order chi connectivity index (χ0) is 14.6. The maximum Gasteiger partial charge on any atom is 0.408 e. The molecular formula is C12H19NO5S. The van der Waals surface area contributed by atoms with Crippen molar-refractivity contribution in [2.45, 2.75) is 44.6 Å². The van der Waals surface area contributed by atoms with Crippen LogP contribution in [0.5, 0.6) is 0 Å². The van der Waals surface area contributed by atoms with Crippen LogP contribution in [0.1, 0.15) is 27.7 Å². The van der Waals surface area contributed by atoms with Gasteiger partial charge < -0.3 is 14.8 Å². The van der Waals surface area contributed by atoms with E-state index in [-0.39, 0.29) is 12.4 Å². The average Bonchev–Trinajstić information content (AvgIpc) is 2.58. The predicted octanol–water partition coefficient (Wildman–Crippen LogP) is 1.13. The van der Waals surface area contributed by atoms with Crippen molar-refractivity contribution in [2.24, 2.45) is 0 Å². The molecule has 0 spiro atoms. The molecule has 2 unspecified atom stereocenters. The summed E-state index contributed by atoms with van der Waals surface area (Å²) in [7, 11) is 0. The first-order chi connectivity index (χ1) is 8.74. The number of esters is 1. The van der Waals surface area contributed by atoms with E-state index in [9.17, 15) is 14.4 Å². The zero-order valence-corrected chi connectivity index (χ0v) is 12.3. The van der Waals surface area contributed by atoms with E-state index in [4.69, 9.17) is 9.47 Å². The molecule has 1 fully saturated rings. The second kappa shape index (κ2) is 6.27. The van der Waals surface area contributed by atoms with Crippen LogP contribution < -0.4 is 5.32 Å². The van der Waals surface area contributed by atoms with Crippen LogP contribution in [0.25, 0.3) is 0 Å². The van der Waals surface area contributed by atoms with E-state index in [0.29, 0.717) is 5.75 Å². The first-order valence-corrected chi connectivity index (χ1v) is 7.11. The van der Waals surface area contributed by atoms with Crippen molar-refractivity contribution in [1.82, 2.24) is 5.32 Å². The lowest BCUT2D eigenvalue weighted by Gasteiger charge is -2.21. The quantitative estimate of drug-likeness (QED) is 0.619.